The minimum absolute atomic E-state index is 0.345. The molecule has 0 atom stereocenters. The van der Waals surface area contributed by atoms with Gasteiger partial charge in [-0.05, 0) is 58.3 Å². The molecule has 0 aliphatic rings. The fraction of sp³-hybridized carbons (Fsp3) is 0.688. The maximum Gasteiger partial charge on any atom is -0.0142 e. The molecule has 0 rings (SSSR count). The SMILES string of the molecule is C[CH]CCC(C)=C(C)C(C)(C)CCC=CC. The summed E-state index contributed by atoms with van der Waals surface area (Å²) in [6.07, 6.45) is 11.5. The molecule has 1 radical (unpaired) electrons. The predicted molar refractivity (Wildman–Crippen MR) is 75.4 cm³/mol. The largest absolute Gasteiger partial charge is 0.0917 e. The molecule has 0 fully saturated rings. The molecule has 0 spiro atoms. The van der Waals surface area contributed by atoms with Gasteiger partial charge in [0.2, 0.25) is 0 Å². The van der Waals surface area contributed by atoms with Crippen LogP contribution in [0.1, 0.15) is 67.2 Å². The molecule has 0 aromatic rings. The van der Waals surface area contributed by atoms with Gasteiger partial charge in [0.05, 0.1) is 0 Å². The van der Waals surface area contributed by atoms with Crippen LogP contribution < -0.4 is 0 Å². The molecule has 0 aromatic heterocycles. The van der Waals surface area contributed by atoms with Gasteiger partial charge < -0.3 is 0 Å². The van der Waals surface area contributed by atoms with Gasteiger partial charge in [-0.2, -0.15) is 0 Å². The van der Waals surface area contributed by atoms with Crippen LogP contribution in [0.3, 0.4) is 0 Å². The van der Waals surface area contributed by atoms with Gasteiger partial charge in [-0.15, -0.1) is 0 Å². The van der Waals surface area contributed by atoms with Gasteiger partial charge >= 0.3 is 0 Å². The van der Waals surface area contributed by atoms with Gasteiger partial charge in [-0.1, -0.05) is 44.1 Å². The van der Waals surface area contributed by atoms with E-state index in [9.17, 15) is 0 Å². The molecular formula is C16H29. The summed E-state index contributed by atoms with van der Waals surface area (Å²) in [6.45, 7) is 13.6. The summed E-state index contributed by atoms with van der Waals surface area (Å²) < 4.78 is 0. The van der Waals surface area contributed by atoms with Crippen LogP contribution in [0, 0.1) is 11.8 Å². The molecule has 16 heavy (non-hydrogen) atoms. The van der Waals surface area contributed by atoms with Crippen LogP contribution in [0.25, 0.3) is 0 Å². The zero-order chi connectivity index (χ0) is 12.6. The minimum Gasteiger partial charge on any atom is -0.0917 e. The standard InChI is InChI=1S/C16H29/c1-7-9-11-13-16(5,6)15(4)14(3)12-10-8-2/h7-9H,10-13H2,1-6H3. The van der Waals surface area contributed by atoms with Crippen molar-refractivity contribution in [3.8, 4) is 0 Å². The quantitative estimate of drug-likeness (QED) is 0.483. The Hall–Kier alpha value is -0.520. The predicted octanol–water partition coefficient (Wildman–Crippen LogP) is 5.71. The van der Waals surface area contributed by atoms with E-state index in [2.05, 4.69) is 60.1 Å². The first-order valence-electron chi connectivity index (χ1n) is 6.51. The third-order valence-electron chi connectivity index (χ3n) is 3.64. The van der Waals surface area contributed by atoms with Crippen molar-refractivity contribution in [2.24, 2.45) is 5.41 Å². The average Bonchev–Trinajstić information content (AvgIpc) is 2.25. The Bertz CT molecular complexity index is 241. The van der Waals surface area contributed by atoms with E-state index in [0.29, 0.717) is 5.41 Å². The second-order valence-corrected chi connectivity index (χ2v) is 5.34. The number of hydrogen-bond donors (Lipinski definition) is 0. The highest BCUT2D eigenvalue weighted by molar-refractivity contribution is 5.17. The lowest BCUT2D eigenvalue weighted by Crippen LogP contribution is -2.14. The molecule has 0 N–H and O–H groups in total. The summed E-state index contributed by atoms with van der Waals surface area (Å²) in [5.74, 6) is 0. The lowest BCUT2D eigenvalue weighted by molar-refractivity contribution is 0.406. The van der Waals surface area contributed by atoms with Crippen molar-refractivity contribution >= 4 is 0 Å². The van der Waals surface area contributed by atoms with Crippen molar-refractivity contribution in [3.05, 3.63) is 29.7 Å². The summed E-state index contributed by atoms with van der Waals surface area (Å²) in [6, 6.07) is 0. The molecule has 0 bridgehead atoms. The molecule has 0 heteroatoms. The number of hydrogen-bond acceptors (Lipinski definition) is 0. The van der Waals surface area contributed by atoms with Crippen LogP contribution in [0.2, 0.25) is 0 Å². The molecule has 0 heterocycles. The fourth-order valence-electron chi connectivity index (χ4n) is 1.92. The average molecular weight is 221 g/mol. The second-order valence-electron chi connectivity index (χ2n) is 5.34. The molecule has 0 unspecified atom stereocenters. The second kappa shape index (κ2) is 7.70. The van der Waals surface area contributed by atoms with E-state index in [1.54, 1.807) is 11.1 Å². The van der Waals surface area contributed by atoms with Gasteiger partial charge in [0.15, 0.2) is 0 Å². The smallest absolute Gasteiger partial charge is 0.0142 e. The van der Waals surface area contributed by atoms with Crippen molar-refractivity contribution in [2.75, 3.05) is 0 Å². The lowest BCUT2D eigenvalue weighted by atomic mass is 9.78. The van der Waals surface area contributed by atoms with Gasteiger partial charge in [-0.3, -0.25) is 0 Å². The monoisotopic (exact) mass is 221 g/mol. The van der Waals surface area contributed by atoms with E-state index < -0.39 is 0 Å². The van der Waals surface area contributed by atoms with Crippen LogP contribution in [-0.2, 0) is 0 Å². The first-order valence-corrected chi connectivity index (χ1v) is 6.51. The number of rotatable bonds is 7. The summed E-state index contributed by atoms with van der Waals surface area (Å²) in [5.41, 5.74) is 3.50. The van der Waals surface area contributed by atoms with Crippen molar-refractivity contribution < 1.29 is 0 Å². The topological polar surface area (TPSA) is 0 Å². The molecule has 93 valence electrons. The number of unbranched alkanes of at least 4 members (excludes halogenated alkanes) is 1. The number of allylic oxidation sites excluding steroid dienone is 4. The van der Waals surface area contributed by atoms with Crippen molar-refractivity contribution in [1.82, 2.24) is 0 Å². The van der Waals surface area contributed by atoms with E-state index in [1.165, 1.54) is 25.7 Å². The Morgan fingerprint density at radius 3 is 2.19 bits per heavy atom. The third kappa shape index (κ3) is 5.53. The first kappa shape index (κ1) is 15.5. The molecule has 0 saturated heterocycles. The van der Waals surface area contributed by atoms with Crippen molar-refractivity contribution in [2.45, 2.75) is 67.2 Å². The van der Waals surface area contributed by atoms with Crippen molar-refractivity contribution in [1.29, 1.82) is 0 Å². The van der Waals surface area contributed by atoms with E-state index in [4.69, 9.17) is 0 Å². The van der Waals surface area contributed by atoms with Crippen molar-refractivity contribution in [3.63, 3.8) is 0 Å². The summed E-state index contributed by atoms with van der Waals surface area (Å²) in [7, 11) is 0. The van der Waals surface area contributed by atoms with E-state index in [0.717, 1.165) is 0 Å². The summed E-state index contributed by atoms with van der Waals surface area (Å²) >= 11 is 0. The van der Waals surface area contributed by atoms with Gasteiger partial charge in [0.1, 0.15) is 0 Å². The van der Waals surface area contributed by atoms with Gasteiger partial charge in [0.25, 0.3) is 0 Å². The van der Waals surface area contributed by atoms with E-state index in [1.807, 2.05) is 0 Å². The molecule has 0 amide bonds. The Balaban J connectivity index is 4.45. The highest BCUT2D eigenvalue weighted by atomic mass is 14.3. The molecule has 0 aliphatic heterocycles. The maximum absolute atomic E-state index is 2.37. The van der Waals surface area contributed by atoms with Gasteiger partial charge in [0, 0.05) is 0 Å². The van der Waals surface area contributed by atoms with Gasteiger partial charge in [-0.25, -0.2) is 0 Å². The maximum atomic E-state index is 2.37. The summed E-state index contributed by atoms with van der Waals surface area (Å²) in [4.78, 5) is 0. The molecule has 0 saturated carbocycles. The zero-order valence-electron chi connectivity index (χ0n) is 12.1. The minimum atomic E-state index is 0.345. The zero-order valence-corrected chi connectivity index (χ0v) is 12.1. The van der Waals surface area contributed by atoms with E-state index in [-0.39, 0.29) is 0 Å². The Kier molecular flexibility index (Phi) is 7.45. The normalized spacial score (nSPS) is 14.4. The van der Waals surface area contributed by atoms with E-state index >= 15 is 0 Å². The lowest BCUT2D eigenvalue weighted by Gasteiger charge is -2.27. The van der Waals surface area contributed by atoms with Crippen LogP contribution >= 0.6 is 0 Å². The van der Waals surface area contributed by atoms with Crippen LogP contribution in [0.4, 0.5) is 0 Å². The molecule has 0 nitrogen and oxygen atoms in total. The Morgan fingerprint density at radius 1 is 1.06 bits per heavy atom. The Morgan fingerprint density at radius 2 is 1.69 bits per heavy atom. The molecular weight excluding hydrogens is 192 g/mol. The molecule has 0 aliphatic carbocycles. The third-order valence-corrected chi connectivity index (χ3v) is 3.64. The van der Waals surface area contributed by atoms with Crippen LogP contribution in [-0.4, -0.2) is 0 Å². The molecule has 0 aromatic carbocycles. The highest BCUT2D eigenvalue weighted by Gasteiger charge is 2.20. The summed E-state index contributed by atoms with van der Waals surface area (Å²) in [5, 5.41) is 0. The highest BCUT2D eigenvalue weighted by Crippen LogP contribution is 2.34. The van der Waals surface area contributed by atoms with Crippen LogP contribution in [0.15, 0.2) is 23.3 Å². The first-order chi connectivity index (χ1) is 7.45. The Labute approximate surface area is 103 Å². The fourth-order valence-corrected chi connectivity index (χ4v) is 1.92. The van der Waals surface area contributed by atoms with Crippen LogP contribution in [0.5, 0.6) is 0 Å².